The summed E-state index contributed by atoms with van der Waals surface area (Å²) in [5.41, 5.74) is 11.2. The molecular weight excluding hydrogens is 364 g/mol. The number of guanidine groups is 1. The lowest BCUT2D eigenvalue weighted by molar-refractivity contribution is 0.0674. The maximum Gasteiger partial charge on any atom is 0.221 e. The highest BCUT2D eigenvalue weighted by Crippen LogP contribution is 2.32. The van der Waals surface area contributed by atoms with Gasteiger partial charge >= 0.3 is 0 Å². The first-order valence-electron chi connectivity index (χ1n) is 10.5. The van der Waals surface area contributed by atoms with E-state index in [4.69, 9.17) is 25.2 Å². The van der Waals surface area contributed by atoms with Crippen molar-refractivity contribution in [3.8, 4) is 0 Å². The molecular formula is C23H30N4O2. The molecule has 3 aliphatic heterocycles. The van der Waals surface area contributed by atoms with Crippen molar-refractivity contribution in [3.63, 3.8) is 0 Å². The molecule has 1 aromatic carbocycles. The SMILES string of the molecule is C=C1CC(C2=CCCOCCC2)=NC(N2CCOCC2)=NC1c1ccc(N)cc1. The first-order valence-corrected chi connectivity index (χ1v) is 10.5. The predicted octanol–water partition coefficient (Wildman–Crippen LogP) is 3.53. The van der Waals surface area contributed by atoms with Gasteiger partial charge in [-0.2, -0.15) is 0 Å². The number of nitrogens with two attached hydrogens (primary N) is 1. The minimum absolute atomic E-state index is 0.118. The number of nitrogen functional groups attached to an aromatic ring is 1. The van der Waals surface area contributed by atoms with Crippen molar-refractivity contribution in [1.29, 1.82) is 0 Å². The van der Waals surface area contributed by atoms with Gasteiger partial charge in [0.25, 0.3) is 0 Å². The fourth-order valence-corrected chi connectivity index (χ4v) is 3.94. The van der Waals surface area contributed by atoms with E-state index in [1.165, 1.54) is 5.57 Å². The fourth-order valence-electron chi connectivity index (χ4n) is 3.94. The van der Waals surface area contributed by atoms with Crippen LogP contribution in [0.3, 0.4) is 0 Å². The quantitative estimate of drug-likeness (QED) is 0.615. The zero-order valence-corrected chi connectivity index (χ0v) is 17.0. The molecule has 0 saturated carbocycles. The number of morpholine rings is 1. The van der Waals surface area contributed by atoms with Gasteiger partial charge < -0.3 is 20.1 Å². The molecule has 0 aromatic heterocycles. The zero-order chi connectivity index (χ0) is 20.1. The van der Waals surface area contributed by atoms with Crippen LogP contribution in [-0.2, 0) is 9.47 Å². The number of nitrogens with zero attached hydrogens (tertiary/aromatic N) is 3. The number of hydrogen-bond donors (Lipinski definition) is 1. The summed E-state index contributed by atoms with van der Waals surface area (Å²) >= 11 is 0. The van der Waals surface area contributed by atoms with Crippen molar-refractivity contribution in [2.45, 2.75) is 31.7 Å². The Kier molecular flexibility index (Phi) is 6.42. The zero-order valence-electron chi connectivity index (χ0n) is 17.0. The molecule has 1 unspecified atom stereocenters. The van der Waals surface area contributed by atoms with E-state index in [0.29, 0.717) is 13.2 Å². The summed E-state index contributed by atoms with van der Waals surface area (Å²) in [5, 5.41) is 0. The lowest BCUT2D eigenvalue weighted by atomic mass is 9.92. The van der Waals surface area contributed by atoms with Crippen molar-refractivity contribution in [2.24, 2.45) is 9.98 Å². The van der Waals surface area contributed by atoms with Crippen molar-refractivity contribution in [2.75, 3.05) is 45.3 Å². The highest BCUT2D eigenvalue weighted by Gasteiger charge is 2.26. The van der Waals surface area contributed by atoms with Crippen LogP contribution in [0.1, 0.15) is 37.3 Å². The van der Waals surface area contributed by atoms with Gasteiger partial charge in [-0.05, 0) is 48.1 Å². The van der Waals surface area contributed by atoms with Crippen molar-refractivity contribution >= 4 is 17.4 Å². The topological polar surface area (TPSA) is 72.4 Å². The molecule has 1 atom stereocenters. The van der Waals surface area contributed by atoms with Crippen LogP contribution in [0.15, 0.2) is 58.1 Å². The van der Waals surface area contributed by atoms with E-state index in [2.05, 4.69) is 17.6 Å². The van der Waals surface area contributed by atoms with Gasteiger partial charge in [-0.15, -0.1) is 0 Å². The van der Waals surface area contributed by atoms with Crippen LogP contribution in [0.25, 0.3) is 0 Å². The Hall–Kier alpha value is -2.44. The number of ether oxygens (including phenoxy) is 2. The number of benzene rings is 1. The van der Waals surface area contributed by atoms with E-state index in [-0.39, 0.29) is 6.04 Å². The van der Waals surface area contributed by atoms with Crippen LogP contribution in [0.2, 0.25) is 0 Å². The monoisotopic (exact) mass is 394 g/mol. The molecule has 0 spiro atoms. The standard InChI is InChI=1S/C23H30N4O2/c1-17-16-21(18-4-2-12-28-13-3-5-18)25-23(27-10-14-29-15-11-27)26-22(17)19-6-8-20(24)9-7-19/h4,6-9,22H,1-3,5,10-16,24H2. The Labute approximate surface area is 172 Å². The smallest absolute Gasteiger partial charge is 0.221 e. The molecule has 154 valence electrons. The van der Waals surface area contributed by atoms with Gasteiger partial charge in [-0.1, -0.05) is 24.8 Å². The number of allylic oxidation sites excluding steroid dienone is 1. The summed E-state index contributed by atoms with van der Waals surface area (Å²) in [6.07, 6.45) is 5.94. The van der Waals surface area contributed by atoms with Gasteiger partial charge in [0.15, 0.2) is 0 Å². The van der Waals surface area contributed by atoms with E-state index in [1.54, 1.807) is 0 Å². The molecule has 2 N–H and O–H groups in total. The van der Waals surface area contributed by atoms with E-state index in [0.717, 1.165) is 80.5 Å². The van der Waals surface area contributed by atoms with Crippen LogP contribution < -0.4 is 5.73 Å². The van der Waals surface area contributed by atoms with Crippen molar-refractivity contribution < 1.29 is 9.47 Å². The molecule has 0 amide bonds. The third-order valence-electron chi connectivity index (χ3n) is 5.57. The Bertz CT molecular complexity index is 820. The second kappa shape index (κ2) is 9.37. The van der Waals surface area contributed by atoms with Crippen LogP contribution in [0.4, 0.5) is 5.69 Å². The number of aliphatic imine (C=N–C) groups is 2. The van der Waals surface area contributed by atoms with Gasteiger partial charge in [-0.25, -0.2) is 9.98 Å². The number of rotatable bonds is 2. The average molecular weight is 395 g/mol. The highest BCUT2D eigenvalue weighted by atomic mass is 16.5. The Morgan fingerprint density at radius 1 is 1.03 bits per heavy atom. The molecule has 0 radical (unpaired) electrons. The second-order valence-corrected chi connectivity index (χ2v) is 7.73. The fraction of sp³-hybridized carbons (Fsp3) is 0.478. The Balaban J connectivity index is 1.68. The van der Waals surface area contributed by atoms with Gasteiger partial charge in [0.05, 0.1) is 31.6 Å². The van der Waals surface area contributed by atoms with Crippen LogP contribution in [0, 0.1) is 0 Å². The molecule has 3 aliphatic rings. The van der Waals surface area contributed by atoms with Crippen molar-refractivity contribution in [1.82, 2.24) is 4.90 Å². The van der Waals surface area contributed by atoms with Gasteiger partial charge in [0.2, 0.25) is 5.96 Å². The minimum Gasteiger partial charge on any atom is -0.399 e. The van der Waals surface area contributed by atoms with Crippen LogP contribution in [0.5, 0.6) is 0 Å². The lowest BCUT2D eigenvalue weighted by Crippen LogP contribution is -2.40. The maximum atomic E-state index is 5.89. The van der Waals surface area contributed by atoms with Crippen LogP contribution >= 0.6 is 0 Å². The average Bonchev–Trinajstić information content (AvgIpc) is 2.88. The Morgan fingerprint density at radius 2 is 1.79 bits per heavy atom. The summed E-state index contributed by atoms with van der Waals surface area (Å²) in [5.74, 6) is 0.794. The molecule has 1 fully saturated rings. The van der Waals surface area contributed by atoms with E-state index in [9.17, 15) is 0 Å². The second-order valence-electron chi connectivity index (χ2n) is 7.73. The maximum absolute atomic E-state index is 5.89. The molecule has 6 heteroatoms. The number of anilines is 1. The van der Waals surface area contributed by atoms with Crippen molar-refractivity contribution in [3.05, 3.63) is 53.6 Å². The van der Waals surface area contributed by atoms with E-state index >= 15 is 0 Å². The molecule has 3 heterocycles. The third kappa shape index (κ3) is 4.95. The van der Waals surface area contributed by atoms with Gasteiger partial charge in [0.1, 0.15) is 0 Å². The summed E-state index contributed by atoms with van der Waals surface area (Å²) < 4.78 is 11.1. The highest BCUT2D eigenvalue weighted by molar-refractivity contribution is 6.08. The summed E-state index contributed by atoms with van der Waals surface area (Å²) in [6.45, 7) is 9.02. The molecule has 6 nitrogen and oxygen atoms in total. The lowest BCUT2D eigenvalue weighted by Gasteiger charge is -2.28. The molecule has 1 aromatic rings. The largest absolute Gasteiger partial charge is 0.399 e. The predicted molar refractivity (Wildman–Crippen MR) is 117 cm³/mol. The molecule has 29 heavy (non-hydrogen) atoms. The minimum atomic E-state index is -0.118. The van der Waals surface area contributed by atoms with Crippen LogP contribution in [-0.4, -0.2) is 56.1 Å². The summed E-state index contributed by atoms with van der Waals surface area (Å²) in [6, 6.07) is 7.83. The van der Waals surface area contributed by atoms with Gasteiger partial charge in [0, 0.05) is 31.8 Å². The molecule has 1 saturated heterocycles. The molecule has 4 rings (SSSR count). The summed E-state index contributed by atoms with van der Waals surface area (Å²) in [7, 11) is 0. The molecule has 0 bridgehead atoms. The first-order chi connectivity index (χ1) is 14.2. The number of hydrogen-bond acceptors (Lipinski definition) is 6. The first kappa shape index (κ1) is 19.9. The molecule has 0 aliphatic carbocycles. The van der Waals surface area contributed by atoms with Gasteiger partial charge in [-0.3, -0.25) is 0 Å². The third-order valence-corrected chi connectivity index (χ3v) is 5.57. The van der Waals surface area contributed by atoms with E-state index < -0.39 is 0 Å². The Morgan fingerprint density at radius 3 is 2.59 bits per heavy atom. The normalized spacial score (nSPS) is 24.0. The van der Waals surface area contributed by atoms with E-state index in [1.807, 2.05) is 24.3 Å². The summed E-state index contributed by atoms with van der Waals surface area (Å²) in [4.78, 5) is 12.4.